The quantitative estimate of drug-likeness (QED) is 0.716. The number of hydrogen-bond donors (Lipinski definition) is 1. The topological polar surface area (TPSA) is 90.4 Å². The van der Waals surface area contributed by atoms with E-state index in [0.717, 1.165) is 11.1 Å². The Morgan fingerprint density at radius 2 is 1.65 bits per heavy atom. The summed E-state index contributed by atoms with van der Waals surface area (Å²) in [5.74, 6) is 0.631. The van der Waals surface area contributed by atoms with E-state index in [-0.39, 0.29) is 10.6 Å². The second-order valence-electron chi connectivity index (χ2n) is 5.32. The molecule has 2 aromatic heterocycles. The van der Waals surface area contributed by atoms with Gasteiger partial charge in [-0.05, 0) is 35.9 Å². The molecule has 26 heavy (non-hydrogen) atoms. The van der Waals surface area contributed by atoms with Crippen LogP contribution in [-0.2, 0) is 10.0 Å². The third kappa shape index (κ3) is 3.75. The zero-order chi connectivity index (χ0) is 18.6. The van der Waals surface area contributed by atoms with Gasteiger partial charge in [0.15, 0.2) is 0 Å². The molecule has 1 aromatic carbocycles. The predicted molar refractivity (Wildman–Crippen MR) is 97.8 cm³/mol. The molecule has 0 aliphatic carbocycles. The number of hydrogen-bond acceptors (Lipinski definition) is 6. The van der Waals surface area contributed by atoms with Gasteiger partial charge in [0.2, 0.25) is 0 Å². The van der Waals surface area contributed by atoms with Gasteiger partial charge in [-0.3, -0.25) is 14.7 Å². The predicted octanol–water partition coefficient (Wildman–Crippen LogP) is 2.96. The standard InChI is InChI=1S/C18H17N3O4S/c1-24-16-3-4-17(25-2)18(10-16)26(22,23)21-15-9-14(11-20-12-15)13-5-7-19-8-6-13/h3-12,21H,1-2H3. The smallest absolute Gasteiger partial charge is 0.265 e. The van der Waals surface area contributed by atoms with Crippen molar-refractivity contribution in [1.82, 2.24) is 9.97 Å². The highest BCUT2D eigenvalue weighted by Gasteiger charge is 2.21. The first-order valence-corrected chi connectivity index (χ1v) is 9.12. The monoisotopic (exact) mass is 371 g/mol. The average molecular weight is 371 g/mol. The molecule has 0 amide bonds. The Morgan fingerprint density at radius 1 is 0.885 bits per heavy atom. The van der Waals surface area contributed by atoms with Gasteiger partial charge < -0.3 is 9.47 Å². The summed E-state index contributed by atoms with van der Waals surface area (Å²) in [4.78, 5) is 8.06. The second-order valence-corrected chi connectivity index (χ2v) is 6.97. The summed E-state index contributed by atoms with van der Waals surface area (Å²) < 4.78 is 38.4. The Balaban J connectivity index is 1.96. The van der Waals surface area contributed by atoms with Crippen molar-refractivity contribution in [3.05, 3.63) is 61.2 Å². The van der Waals surface area contributed by atoms with Crippen molar-refractivity contribution < 1.29 is 17.9 Å². The fourth-order valence-corrected chi connectivity index (χ4v) is 3.62. The maximum absolute atomic E-state index is 12.8. The fraction of sp³-hybridized carbons (Fsp3) is 0.111. The van der Waals surface area contributed by atoms with Crippen LogP contribution in [0.15, 0.2) is 66.1 Å². The summed E-state index contributed by atoms with van der Waals surface area (Å²) >= 11 is 0. The molecule has 0 radical (unpaired) electrons. The van der Waals surface area contributed by atoms with Crippen molar-refractivity contribution >= 4 is 15.7 Å². The maximum Gasteiger partial charge on any atom is 0.265 e. The SMILES string of the molecule is COc1ccc(OC)c(S(=O)(=O)Nc2cncc(-c3ccncc3)c2)c1. The summed E-state index contributed by atoms with van der Waals surface area (Å²) in [6, 6.07) is 9.91. The number of benzene rings is 1. The van der Waals surface area contributed by atoms with Crippen molar-refractivity contribution in [1.29, 1.82) is 0 Å². The molecule has 8 heteroatoms. The molecule has 2 heterocycles. The summed E-state index contributed by atoms with van der Waals surface area (Å²) in [6.45, 7) is 0. The molecular formula is C18H17N3O4S. The number of anilines is 1. The lowest BCUT2D eigenvalue weighted by Crippen LogP contribution is -2.14. The van der Waals surface area contributed by atoms with E-state index >= 15 is 0 Å². The summed E-state index contributed by atoms with van der Waals surface area (Å²) in [5, 5.41) is 0. The van der Waals surface area contributed by atoms with Crippen LogP contribution in [0.2, 0.25) is 0 Å². The molecule has 0 fully saturated rings. The van der Waals surface area contributed by atoms with Gasteiger partial charge in [-0.1, -0.05) is 0 Å². The Labute approximate surface area is 151 Å². The Hall–Kier alpha value is -3.13. The van der Waals surface area contributed by atoms with Crippen LogP contribution in [0.3, 0.4) is 0 Å². The van der Waals surface area contributed by atoms with Crippen LogP contribution in [0.1, 0.15) is 0 Å². The van der Waals surface area contributed by atoms with E-state index in [9.17, 15) is 8.42 Å². The molecule has 134 valence electrons. The van der Waals surface area contributed by atoms with Gasteiger partial charge in [0.1, 0.15) is 16.4 Å². The molecule has 0 spiro atoms. The van der Waals surface area contributed by atoms with Gasteiger partial charge in [0, 0.05) is 30.2 Å². The number of nitrogens with one attached hydrogen (secondary N) is 1. The van der Waals surface area contributed by atoms with Crippen LogP contribution in [-0.4, -0.2) is 32.6 Å². The number of ether oxygens (including phenoxy) is 2. The van der Waals surface area contributed by atoms with Crippen LogP contribution in [0.5, 0.6) is 11.5 Å². The zero-order valence-electron chi connectivity index (χ0n) is 14.2. The van der Waals surface area contributed by atoms with Gasteiger partial charge in [0.05, 0.1) is 26.1 Å². The number of sulfonamides is 1. The lowest BCUT2D eigenvalue weighted by Gasteiger charge is -2.13. The van der Waals surface area contributed by atoms with Crippen LogP contribution in [0.4, 0.5) is 5.69 Å². The van der Waals surface area contributed by atoms with E-state index < -0.39 is 10.0 Å². The maximum atomic E-state index is 12.8. The van der Waals surface area contributed by atoms with Gasteiger partial charge in [-0.2, -0.15) is 0 Å². The molecule has 1 N–H and O–H groups in total. The summed E-state index contributed by atoms with van der Waals surface area (Å²) in [7, 11) is -1.02. The Bertz CT molecular complexity index is 1010. The van der Waals surface area contributed by atoms with Gasteiger partial charge in [0.25, 0.3) is 10.0 Å². The first kappa shape index (κ1) is 17.7. The third-order valence-electron chi connectivity index (χ3n) is 3.66. The van der Waals surface area contributed by atoms with E-state index in [1.54, 1.807) is 36.8 Å². The zero-order valence-corrected chi connectivity index (χ0v) is 15.0. The Morgan fingerprint density at radius 3 is 2.35 bits per heavy atom. The number of pyridine rings is 2. The second kappa shape index (κ2) is 7.40. The molecule has 3 aromatic rings. The van der Waals surface area contributed by atoms with Crippen LogP contribution >= 0.6 is 0 Å². The van der Waals surface area contributed by atoms with Crippen LogP contribution in [0.25, 0.3) is 11.1 Å². The highest BCUT2D eigenvalue weighted by molar-refractivity contribution is 7.92. The molecule has 0 unspecified atom stereocenters. The molecule has 3 rings (SSSR count). The normalized spacial score (nSPS) is 11.0. The average Bonchev–Trinajstić information content (AvgIpc) is 2.68. The minimum absolute atomic E-state index is 0.0198. The Kier molecular flexibility index (Phi) is 5.04. The molecule has 0 aliphatic rings. The molecule has 0 atom stereocenters. The highest BCUT2D eigenvalue weighted by atomic mass is 32.2. The lowest BCUT2D eigenvalue weighted by molar-refractivity contribution is 0.392. The minimum Gasteiger partial charge on any atom is -0.497 e. The van der Waals surface area contributed by atoms with E-state index in [4.69, 9.17) is 9.47 Å². The third-order valence-corrected chi connectivity index (χ3v) is 5.07. The number of methoxy groups -OCH3 is 2. The molecule has 0 bridgehead atoms. The van der Waals surface area contributed by atoms with Gasteiger partial charge >= 0.3 is 0 Å². The summed E-state index contributed by atoms with van der Waals surface area (Å²) in [6.07, 6.45) is 6.41. The van der Waals surface area contributed by atoms with Gasteiger partial charge in [-0.15, -0.1) is 0 Å². The molecule has 0 saturated heterocycles. The van der Waals surface area contributed by atoms with Crippen molar-refractivity contribution in [3.8, 4) is 22.6 Å². The largest absolute Gasteiger partial charge is 0.497 e. The highest BCUT2D eigenvalue weighted by Crippen LogP contribution is 2.30. The molecular weight excluding hydrogens is 354 g/mol. The van der Waals surface area contributed by atoms with Crippen molar-refractivity contribution in [2.45, 2.75) is 4.90 Å². The first-order chi connectivity index (χ1) is 12.5. The number of nitrogens with zero attached hydrogens (tertiary/aromatic N) is 2. The number of aromatic nitrogens is 2. The van der Waals surface area contributed by atoms with Crippen molar-refractivity contribution in [2.75, 3.05) is 18.9 Å². The minimum atomic E-state index is -3.89. The van der Waals surface area contributed by atoms with E-state index in [1.807, 2.05) is 12.1 Å². The van der Waals surface area contributed by atoms with E-state index in [0.29, 0.717) is 11.4 Å². The van der Waals surface area contributed by atoms with Crippen molar-refractivity contribution in [2.24, 2.45) is 0 Å². The van der Waals surface area contributed by atoms with E-state index in [1.165, 1.54) is 26.5 Å². The lowest BCUT2D eigenvalue weighted by atomic mass is 10.1. The molecule has 0 aliphatic heterocycles. The first-order valence-electron chi connectivity index (χ1n) is 7.64. The van der Waals surface area contributed by atoms with Crippen molar-refractivity contribution in [3.63, 3.8) is 0 Å². The fourth-order valence-electron chi connectivity index (χ4n) is 2.40. The van der Waals surface area contributed by atoms with Crippen LogP contribution < -0.4 is 14.2 Å². The molecule has 7 nitrogen and oxygen atoms in total. The van der Waals surface area contributed by atoms with Gasteiger partial charge in [-0.25, -0.2) is 8.42 Å². The molecule has 0 saturated carbocycles. The number of rotatable bonds is 6. The summed E-state index contributed by atoms with van der Waals surface area (Å²) in [5.41, 5.74) is 1.99. The van der Waals surface area contributed by atoms with E-state index in [2.05, 4.69) is 14.7 Å². The van der Waals surface area contributed by atoms with Crippen LogP contribution in [0, 0.1) is 0 Å².